The number of carboxylic acid groups (broad SMARTS) is 1. The van der Waals surface area contributed by atoms with Gasteiger partial charge in [0.15, 0.2) is 0 Å². The minimum absolute atomic E-state index is 0.113. The molecule has 0 spiro atoms. The number of carbonyl (C=O) groups is 1. The number of nitrogens with zero attached hydrogens (tertiary/aromatic N) is 1. The number of pyridine rings is 1. The van der Waals surface area contributed by atoms with Crippen LogP contribution in [0.5, 0.6) is 5.88 Å². The second-order valence-electron chi connectivity index (χ2n) is 3.20. The summed E-state index contributed by atoms with van der Waals surface area (Å²) in [7, 11) is 1.50. The quantitative estimate of drug-likeness (QED) is 0.824. The molecule has 1 aromatic rings. The molecule has 1 aromatic heterocycles. The fraction of sp³-hybridized carbons (Fsp3) is 0.400. The molecule has 0 radical (unpaired) electrons. The number of aromatic carboxylic acids is 1. The molecule has 88 valence electrons. The van der Waals surface area contributed by atoms with Gasteiger partial charge >= 0.3 is 5.97 Å². The molecule has 6 heteroatoms. The van der Waals surface area contributed by atoms with E-state index in [1.165, 1.54) is 7.11 Å². The first-order valence-corrected chi connectivity index (χ1v) is 4.59. The Balaban J connectivity index is 2.90. The van der Waals surface area contributed by atoms with Crippen molar-refractivity contribution in [3.8, 4) is 5.88 Å². The lowest BCUT2D eigenvalue weighted by Gasteiger charge is -2.14. The first-order chi connectivity index (χ1) is 7.54. The molecule has 1 rings (SSSR count). The summed E-state index contributed by atoms with van der Waals surface area (Å²) in [6.45, 7) is 1.98. The standard InChI is InChI=1S/C10H12FNO4/c1-6(5-15-2)16-9-8(10(13)14)3-7(11)4-12-9/h3-4,6H,5H2,1-2H3,(H,13,14). The molecule has 0 aliphatic rings. The van der Waals surface area contributed by atoms with Crippen molar-refractivity contribution in [3.05, 3.63) is 23.6 Å². The van der Waals surface area contributed by atoms with Crippen molar-refractivity contribution in [2.75, 3.05) is 13.7 Å². The van der Waals surface area contributed by atoms with Gasteiger partial charge in [0.2, 0.25) is 5.88 Å². The van der Waals surface area contributed by atoms with Crippen LogP contribution in [0.2, 0.25) is 0 Å². The highest BCUT2D eigenvalue weighted by Gasteiger charge is 2.16. The van der Waals surface area contributed by atoms with Crippen LogP contribution in [0.4, 0.5) is 4.39 Å². The van der Waals surface area contributed by atoms with Gasteiger partial charge in [0.1, 0.15) is 17.5 Å². The van der Waals surface area contributed by atoms with Gasteiger partial charge in [-0.2, -0.15) is 0 Å². The Morgan fingerprint density at radius 2 is 2.38 bits per heavy atom. The average Bonchev–Trinajstić information content (AvgIpc) is 2.20. The Bertz CT molecular complexity index is 383. The molecule has 0 bridgehead atoms. The summed E-state index contributed by atoms with van der Waals surface area (Å²) < 4.78 is 22.8. The van der Waals surface area contributed by atoms with E-state index in [2.05, 4.69) is 4.98 Å². The van der Waals surface area contributed by atoms with E-state index in [-0.39, 0.29) is 24.2 Å². The minimum atomic E-state index is -1.29. The maximum Gasteiger partial charge on any atom is 0.341 e. The fourth-order valence-corrected chi connectivity index (χ4v) is 1.13. The van der Waals surface area contributed by atoms with E-state index in [1.54, 1.807) is 6.92 Å². The van der Waals surface area contributed by atoms with Crippen molar-refractivity contribution < 1.29 is 23.8 Å². The van der Waals surface area contributed by atoms with E-state index in [0.29, 0.717) is 0 Å². The molecule has 0 aliphatic carbocycles. The molecule has 5 nitrogen and oxygen atoms in total. The second-order valence-corrected chi connectivity index (χ2v) is 3.20. The number of ether oxygens (including phenoxy) is 2. The third-order valence-electron chi connectivity index (χ3n) is 1.76. The zero-order valence-corrected chi connectivity index (χ0v) is 8.94. The summed E-state index contributed by atoms with van der Waals surface area (Å²) >= 11 is 0. The highest BCUT2D eigenvalue weighted by Crippen LogP contribution is 2.17. The number of carboxylic acids is 1. The first kappa shape index (κ1) is 12.4. The van der Waals surface area contributed by atoms with E-state index in [9.17, 15) is 9.18 Å². The normalized spacial score (nSPS) is 12.2. The molecule has 16 heavy (non-hydrogen) atoms. The monoisotopic (exact) mass is 229 g/mol. The molecule has 1 heterocycles. The van der Waals surface area contributed by atoms with Crippen molar-refractivity contribution in [3.63, 3.8) is 0 Å². The molecule has 0 aliphatic heterocycles. The van der Waals surface area contributed by atoms with E-state index in [0.717, 1.165) is 12.3 Å². The van der Waals surface area contributed by atoms with Crippen molar-refractivity contribution in [1.29, 1.82) is 0 Å². The zero-order chi connectivity index (χ0) is 12.1. The molecule has 1 atom stereocenters. The number of hydrogen-bond acceptors (Lipinski definition) is 4. The van der Waals surface area contributed by atoms with Gasteiger partial charge in [-0.1, -0.05) is 0 Å². The van der Waals surface area contributed by atoms with Gasteiger partial charge in [0.05, 0.1) is 12.8 Å². The molecule has 0 amide bonds. The minimum Gasteiger partial charge on any atom is -0.477 e. The van der Waals surface area contributed by atoms with E-state index in [4.69, 9.17) is 14.6 Å². The summed E-state index contributed by atoms with van der Waals surface area (Å²) in [5.41, 5.74) is -0.303. The van der Waals surface area contributed by atoms with Gasteiger partial charge in [-0.3, -0.25) is 0 Å². The zero-order valence-electron chi connectivity index (χ0n) is 8.94. The summed E-state index contributed by atoms with van der Waals surface area (Å²) in [6.07, 6.45) is 0.544. The van der Waals surface area contributed by atoms with Crippen LogP contribution in [0.25, 0.3) is 0 Å². The summed E-state index contributed by atoms with van der Waals surface area (Å²) in [6, 6.07) is 0.865. The van der Waals surface area contributed by atoms with Crippen molar-refractivity contribution in [1.82, 2.24) is 4.98 Å². The van der Waals surface area contributed by atoms with Gasteiger partial charge in [-0.05, 0) is 13.0 Å². The predicted octanol–water partition coefficient (Wildman–Crippen LogP) is 1.33. The van der Waals surface area contributed by atoms with E-state index in [1.807, 2.05) is 0 Å². The largest absolute Gasteiger partial charge is 0.477 e. The number of aromatic nitrogens is 1. The van der Waals surface area contributed by atoms with Crippen LogP contribution in [0.1, 0.15) is 17.3 Å². The summed E-state index contributed by atoms with van der Waals surface area (Å²) in [4.78, 5) is 14.4. The highest BCUT2D eigenvalue weighted by molar-refractivity contribution is 5.90. The lowest BCUT2D eigenvalue weighted by molar-refractivity contribution is 0.0666. The van der Waals surface area contributed by atoms with Gasteiger partial charge in [-0.25, -0.2) is 14.2 Å². The lowest BCUT2D eigenvalue weighted by Crippen LogP contribution is -2.20. The smallest absolute Gasteiger partial charge is 0.341 e. The number of methoxy groups -OCH3 is 1. The van der Waals surface area contributed by atoms with Crippen LogP contribution in [0, 0.1) is 5.82 Å². The topological polar surface area (TPSA) is 68.7 Å². The Kier molecular flexibility index (Phi) is 4.19. The fourth-order valence-electron chi connectivity index (χ4n) is 1.13. The second kappa shape index (κ2) is 5.41. The Hall–Kier alpha value is -1.69. The number of halogens is 1. The van der Waals surface area contributed by atoms with Crippen LogP contribution in [0.15, 0.2) is 12.3 Å². The summed E-state index contributed by atoms with van der Waals surface area (Å²) in [5, 5.41) is 8.81. The maximum atomic E-state index is 12.8. The van der Waals surface area contributed by atoms with Gasteiger partial charge in [0, 0.05) is 7.11 Å². The van der Waals surface area contributed by atoms with Crippen LogP contribution in [-0.2, 0) is 4.74 Å². The van der Waals surface area contributed by atoms with Gasteiger partial charge in [-0.15, -0.1) is 0 Å². The third kappa shape index (κ3) is 3.16. The van der Waals surface area contributed by atoms with E-state index >= 15 is 0 Å². The molecule has 0 aromatic carbocycles. The molecule has 1 N–H and O–H groups in total. The Labute approximate surface area is 91.8 Å². The van der Waals surface area contributed by atoms with Crippen LogP contribution >= 0.6 is 0 Å². The van der Waals surface area contributed by atoms with Crippen molar-refractivity contribution in [2.24, 2.45) is 0 Å². The van der Waals surface area contributed by atoms with E-state index < -0.39 is 11.8 Å². The lowest BCUT2D eigenvalue weighted by atomic mass is 10.2. The maximum absolute atomic E-state index is 12.8. The Morgan fingerprint density at radius 1 is 1.69 bits per heavy atom. The third-order valence-corrected chi connectivity index (χ3v) is 1.76. The number of rotatable bonds is 5. The van der Waals surface area contributed by atoms with Crippen LogP contribution in [-0.4, -0.2) is 35.9 Å². The van der Waals surface area contributed by atoms with Gasteiger partial charge < -0.3 is 14.6 Å². The first-order valence-electron chi connectivity index (χ1n) is 4.59. The molecule has 0 fully saturated rings. The average molecular weight is 229 g/mol. The number of hydrogen-bond donors (Lipinski definition) is 1. The SMILES string of the molecule is COCC(C)Oc1ncc(F)cc1C(=O)O. The van der Waals surface area contributed by atoms with Gasteiger partial charge in [0.25, 0.3) is 0 Å². The van der Waals surface area contributed by atoms with Crippen molar-refractivity contribution in [2.45, 2.75) is 13.0 Å². The van der Waals surface area contributed by atoms with Crippen LogP contribution in [0.3, 0.4) is 0 Å². The molecule has 0 saturated heterocycles. The molecular formula is C10H12FNO4. The summed E-state index contributed by atoms with van der Waals surface area (Å²) in [5.74, 6) is -2.12. The molecule has 1 unspecified atom stereocenters. The highest BCUT2D eigenvalue weighted by atomic mass is 19.1. The molecular weight excluding hydrogens is 217 g/mol. The predicted molar refractivity (Wildman–Crippen MR) is 53.1 cm³/mol. The van der Waals surface area contributed by atoms with Crippen LogP contribution < -0.4 is 4.74 Å². The molecule has 0 saturated carbocycles. The van der Waals surface area contributed by atoms with Crippen molar-refractivity contribution >= 4 is 5.97 Å². The Morgan fingerprint density at radius 3 is 2.94 bits per heavy atom.